The van der Waals surface area contributed by atoms with Crippen LogP contribution in [0.4, 0.5) is 10.1 Å². The third-order valence-corrected chi connectivity index (χ3v) is 4.98. The Balaban J connectivity index is 1.58. The van der Waals surface area contributed by atoms with Crippen molar-refractivity contribution in [3.63, 3.8) is 0 Å². The van der Waals surface area contributed by atoms with Gasteiger partial charge < -0.3 is 25.8 Å². The number of aliphatic carboxylic acids is 1. The SMILES string of the molecule is CC(C)(NC(=O)c1cc(C(=O)NCc2ccc3c(c2)NC(=O)CO3)nc2c(F)cnn12)C(=O)O. The molecule has 1 aliphatic rings. The summed E-state index contributed by atoms with van der Waals surface area (Å²) in [6.07, 6.45) is 0.826. The Bertz CT molecular complexity index is 1350. The van der Waals surface area contributed by atoms with E-state index < -0.39 is 29.1 Å². The second-order valence-electron chi connectivity index (χ2n) is 7.99. The fraction of sp³-hybridized carbons (Fsp3) is 0.238. The van der Waals surface area contributed by atoms with Crippen LogP contribution >= 0.6 is 0 Å². The maximum absolute atomic E-state index is 14.2. The first-order chi connectivity index (χ1) is 16.0. The molecular formula is C21H19FN6O6. The predicted octanol–water partition coefficient (Wildman–Crippen LogP) is 0.722. The number of anilines is 1. The van der Waals surface area contributed by atoms with E-state index >= 15 is 0 Å². The van der Waals surface area contributed by atoms with E-state index in [9.17, 15) is 28.7 Å². The highest BCUT2D eigenvalue weighted by Crippen LogP contribution is 2.28. The van der Waals surface area contributed by atoms with Crippen LogP contribution in [0, 0.1) is 5.82 Å². The molecule has 34 heavy (non-hydrogen) atoms. The number of nitrogens with zero attached hydrogens (tertiary/aromatic N) is 3. The first-order valence-electron chi connectivity index (χ1n) is 9.99. The Morgan fingerprint density at radius 1 is 1.26 bits per heavy atom. The topological polar surface area (TPSA) is 164 Å². The van der Waals surface area contributed by atoms with E-state index in [4.69, 9.17) is 4.74 Å². The van der Waals surface area contributed by atoms with Crippen LogP contribution in [-0.2, 0) is 16.1 Å². The van der Waals surface area contributed by atoms with Crippen molar-refractivity contribution in [2.45, 2.75) is 25.9 Å². The molecule has 4 rings (SSSR count). The Hall–Kier alpha value is -4.55. The van der Waals surface area contributed by atoms with Crippen LogP contribution in [0.15, 0.2) is 30.5 Å². The molecule has 4 N–H and O–H groups in total. The lowest BCUT2D eigenvalue weighted by Crippen LogP contribution is -2.50. The van der Waals surface area contributed by atoms with Gasteiger partial charge in [0.15, 0.2) is 18.1 Å². The lowest BCUT2D eigenvalue weighted by atomic mass is 10.1. The van der Waals surface area contributed by atoms with Crippen molar-refractivity contribution in [3.8, 4) is 5.75 Å². The first kappa shape index (κ1) is 22.6. The van der Waals surface area contributed by atoms with Gasteiger partial charge in [-0.1, -0.05) is 6.07 Å². The number of hydrogen-bond donors (Lipinski definition) is 4. The summed E-state index contributed by atoms with van der Waals surface area (Å²) in [5, 5.41) is 20.6. The zero-order valence-electron chi connectivity index (χ0n) is 18.0. The minimum atomic E-state index is -1.63. The number of ether oxygens (including phenoxy) is 1. The number of carbonyl (C=O) groups is 4. The number of fused-ring (bicyclic) bond motifs is 2. The summed E-state index contributed by atoms with van der Waals surface area (Å²) < 4.78 is 20.4. The molecule has 1 aromatic carbocycles. The largest absolute Gasteiger partial charge is 0.482 e. The van der Waals surface area contributed by atoms with Gasteiger partial charge in [0, 0.05) is 12.6 Å². The molecule has 0 saturated carbocycles. The molecule has 13 heteroatoms. The van der Waals surface area contributed by atoms with Gasteiger partial charge in [-0.3, -0.25) is 14.4 Å². The van der Waals surface area contributed by atoms with Gasteiger partial charge in [-0.15, -0.1) is 0 Å². The summed E-state index contributed by atoms with van der Waals surface area (Å²) >= 11 is 0. The third-order valence-electron chi connectivity index (χ3n) is 4.98. The van der Waals surface area contributed by atoms with E-state index in [0.717, 1.165) is 16.8 Å². The summed E-state index contributed by atoms with van der Waals surface area (Å²) in [4.78, 5) is 52.3. The molecule has 12 nitrogen and oxygen atoms in total. The molecule has 0 fully saturated rings. The lowest BCUT2D eigenvalue weighted by Gasteiger charge is -2.21. The van der Waals surface area contributed by atoms with Crippen LogP contribution in [0.2, 0.25) is 0 Å². The monoisotopic (exact) mass is 470 g/mol. The van der Waals surface area contributed by atoms with E-state index in [2.05, 4.69) is 26.0 Å². The number of amides is 3. The minimum absolute atomic E-state index is 0.0319. The molecule has 176 valence electrons. The van der Waals surface area contributed by atoms with Crippen LogP contribution in [0.1, 0.15) is 40.4 Å². The van der Waals surface area contributed by atoms with Crippen molar-refractivity contribution in [2.75, 3.05) is 11.9 Å². The van der Waals surface area contributed by atoms with Gasteiger partial charge in [0.2, 0.25) is 0 Å². The molecule has 0 unspecified atom stereocenters. The van der Waals surface area contributed by atoms with Gasteiger partial charge in [-0.25, -0.2) is 18.7 Å². The first-order valence-corrected chi connectivity index (χ1v) is 9.99. The summed E-state index contributed by atoms with van der Waals surface area (Å²) in [5.41, 5.74) is -1.47. The zero-order chi connectivity index (χ0) is 24.6. The Labute approximate surface area is 191 Å². The molecule has 0 saturated heterocycles. The van der Waals surface area contributed by atoms with Crippen LogP contribution in [0.3, 0.4) is 0 Å². The van der Waals surface area contributed by atoms with Gasteiger partial charge in [0.1, 0.15) is 22.7 Å². The number of carboxylic acids is 1. The average Bonchev–Trinajstić information content (AvgIpc) is 3.16. The molecule has 0 bridgehead atoms. The van der Waals surface area contributed by atoms with Crippen molar-refractivity contribution in [1.82, 2.24) is 25.2 Å². The van der Waals surface area contributed by atoms with E-state index in [0.29, 0.717) is 17.0 Å². The summed E-state index contributed by atoms with van der Waals surface area (Å²) in [6, 6.07) is 6.06. The van der Waals surface area contributed by atoms with Crippen molar-refractivity contribution < 1.29 is 33.4 Å². The molecule has 3 heterocycles. The van der Waals surface area contributed by atoms with Crippen molar-refractivity contribution in [1.29, 1.82) is 0 Å². The minimum Gasteiger partial charge on any atom is -0.482 e. The standard InChI is InChI=1S/C21H19FN6O6/c1-21(2,20(32)33)27-19(31)14-6-13(26-17-11(22)8-24-28(14)17)18(30)23-7-10-3-4-15-12(5-10)25-16(29)9-34-15/h3-6,8H,7,9H2,1-2H3,(H,23,30)(H,25,29)(H,27,31)(H,32,33). The number of rotatable bonds is 6. The summed E-state index contributed by atoms with van der Waals surface area (Å²) in [5.74, 6) is -3.56. The second-order valence-corrected chi connectivity index (χ2v) is 7.99. The van der Waals surface area contributed by atoms with Crippen molar-refractivity contribution in [3.05, 3.63) is 53.2 Å². The van der Waals surface area contributed by atoms with Gasteiger partial charge in [-0.2, -0.15) is 5.10 Å². The van der Waals surface area contributed by atoms with E-state index in [1.54, 1.807) is 18.2 Å². The maximum atomic E-state index is 14.2. The molecule has 0 spiro atoms. The number of hydrogen-bond acceptors (Lipinski definition) is 7. The fourth-order valence-electron chi connectivity index (χ4n) is 3.13. The molecular weight excluding hydrogens is 451 g/mol. The van der Waals surface area contributed by atoms with Crippen LogP contribution in [0.5, 0.6) is 5.75 Å². The van der Waals surface area contributed by atoms with Gasteiger partial charge in [-0.05, 0) is 31.5 Å². The third kappa shape index (κ3) is 4.35. The number of carboxylic acid groups (broad SMARTS) is 1. The quantitative estimate of drug-likeness (QED) is 0.409. The zero-order valence-corrected chi connectivity index (χ0v) is 18.0. The lowest BCUT2D eigenvalue weighted by molar-refractivity contribution is -0.143. The highest BCUT2D eigenvalue weighted by Gasteiger charge is 2.31. The van der Waals surface area contributed by atoms with Gasteiger partial charge in [0.05, 0.1) is 11.9 Å². The van der Waals surface area contributed by atoms with Crippen molar-refractivity contribution >= 4 is 35.0 Å². The highest BCUT2D eigenvalue weighted by molar-refractivity contribution is 6.00. The molecule has 3 aromatic rings. The fourth-order valence-corrected chi connectivity index (χ4v) is 3.13. The Morgan fingerprint density at radius 3 is 2.76 bits per heavy atom. The second kappa shape index (κ2) is 8.42. The maximum Gasteiger partial charge on any atom is 0.328 e. The van der Waals surface area contributed by atoms with Gasteiger partial charge in [0.25, 0.3) is 17.7 Å². The normalized spacial score (nSPS) is 13.0. The number of nitrogens with one attached hydrogen (secondary N) is 3. The van der Waals surface area contributed by atoms with E-state index in [-0.39, 0.29) is 36.1 Å². The molecule has 3 amide bonds. The van der Waals surface area contributed by atoms with E-state index in [1.807, 2.05) is 0 Å². The molecule has 0 aliphatic carbocycles. The van der Waals surface area contributed by atoms with Gasteiger partial charge >= 0.3 is 5.97 Å². The smallest absolute Gasteiger partial charge is 0.328 e. The van der Waals surface area contributed by atoms with E-state index in [1.165, 1.54) is 13.8 Å². The number of aromatic nitrogens is 3. The summed E-state index contributed by atoms with van der Waals surface area (Å²) in [7, 11) is 0. The molecule has 1 aliphatic heterocycles. The Kier molecular flexibility index (Phi) is 5.61. The molecule has 0 radical (unpaired) electrons. The summed E-state index contributed by atoms with van der Waals surface area (Å²) in [6.45, 7) is 2.50. The van der Waals surface area contributed by atoms with Crippen molar-refractivity contribution in [2.24, 2.45) is 0 Å². The van der Waals surface area contributed by atoms with Crippen LogP contribution < -0.4 is 20.7 Å². The average molecular weight is 470 g/mol. The number of halogens is 1. The Morgan fingerprint density at radius 2 is 2.03 bits per heavy atom. The highest BCUT2D eigenvalue weighted by atomic mass is 19.1. The van der Waals surface area contributed by atoms with Crippen LogP contribution in [0.25, 0.3) is 5.65 Å². The molecule has 2 aromatic heterocycles. The number of benzene rings is 1. The predicted molar refractivity (Wildman–Crippen MR) is 114 cm³/mol. The number of carbonyl (C=O) groups excluding carboxylic acids is 3. The molecule has 0 atom stereocenters. The van der Waals surface area contributed by atoms with Crippen LogP contribution in [-0.4, -0.2) is 55.5 Å².